The Morgan fingerprint density at radius 3 is 2.81 bits per heavy atom. The van der Waals surface area contributed by atoms with Crippen LogP contribution in [0.25, 0.3) is 11.3 Å². The Balaban J connectivity index is 2.22. The van der Waals surface area contributed by atoms with E-state index in [-0.39, 0.29) is 12.4 Å². The molecule has 0 aliphatic heterocycles. The van der Waals surface area contributed by atoms with E-state index in [1.807, 2.05) is 6.07 Å². The first-order valence-corrected chi connectivity index (χ1v) is 5.10. The topological polar surface area (TPSA) is 71.2 Å². The lowest BCUT2D eigenvalue weighted by molar-refractivity contribution is 0.276. The number of hydrogen-bond donors (Lipinski definition) is 2. The summed E-state index contributed by atoms with van der Waals surface area (Å²) in [4.78, 5) is 0. The second kappa shape index (κ2) is 4.76. The van der Waals surface area contributed by atoms with E-state index in [1.54, 1.807) is 29.1 Å². The zero-order valence-electron chi connectivity index (χ0n) is 8.74. The molecular formula is C11H13N3O2. The molecule has 0 fully saturated rings. The van der Waals surface area contributed by atoms with Crippen LogP contribution >= 0.6 is 0 Å². The van der Waals surface area contributed by atoms with Crippen molar-refractivity contribution in [2.45, 2.75) is 13.0 Å². The van der Waals surface area contributed by atoms with E-state index in [4.69, 9.17) is 5.11 Å². The van der Waals surface area contributed by atoms with E-state index >= 15 is 0 Å². The molecule has 0 spiro atoms. The van der Waals surface area contributed by atoms with Gasteiger partial charge in [-0.15, -0.1) is 5.10 Å². The Hall–Kier alpha value is -1.88. The number of phenols is 1. The molecule has 0 saturated heterocycles. The minimum absolute atomic E-state index is 0.131. The van der Waals surface area contributed by atoms with Crippen molar-refractivity contribution in [3.63, 3.8) is 0 Å². The number of benzene rings is 1. The molecule has 2 rings (SSSR count). The fraction of sp³-hybridized carbons (Fsp3) is 0.273. The molecule has 0 aliphatic rings. The summed E-state index contributed by atoms with van der Waals surface area (Å²) in [6, 6.07) is 6.99. The number of aliphatic hydroxyl groups excluding tert-OH is 1. The molecule has 5 heteroatoms. The number of para-hydroxylation sites is 1. The number of aromatic nitrogens is 3. The summed E-state index contributed by atoms with van der Waals surface area (Å²) >= 11 is 0. The van der Waals surface area contributed by atoms with Crippen molar-refractivity contribution in [2.75, 3.05) is 6.61 Å². The van der Waals surface area contributed by atoms with Gasteiger partial charge in [0.2, 0.25) is 0 Å². The van der Waals surface area contributed by atoms with Gasteiger partial charge in [0.1, 0.15) is 11.4 Å². The molecule has 0 unspecified atom stereocenters. The van der Waals surface area contributed by atoms with Gasteiger partial charge < -0.3 is 10.2 Å². The summed E-state index contributed by atoms with van der Waals surface area (Å²) in [6.07, 6.45) is 2.40. The molecule has 0 radical (unpaired) electrons. The first-order chi connectivity index (χ1) is 7.81. The lowest BCUT2D eigenvalue weighted by Gasteiger charge is -1.98. The van der Waals surface area contributed by atoms with Crippen molar-refractivity contribution < 1.29 is 10.2 Å². The van der Waals surface area contributed by atoms with E-state index < -0.39 is 0 Å². The van der Waals surface area contributed by atoms with Crippen LogP contribution in [-0.2, 0) is 6.54 Å². The molecule has 1 heterocycles. The monoisotopic (exact) mass is 219 g/mol. The maximum absolute atomic E-state index is 9.63. The van der Waals surface area contributed by atoms with Gasteiger partial charge in [-0.1, -0.05) is 17.3 Å². The van der Waals surface area contributed by atoms with E-state index in [9.17, 15) is 5.11 Å². The molecule has 1 aromatic carbocycles. The molecule has 0 aliphatic carbocycles. The molecule has 5 nitrogen and oxygen atoms in total. The predicted octanol–water partition coefficient (Wildman–Crippen LogP) is 1.03. The molecule has 2 N–H and O–H groups in total. The van der Waals surface area contributed by atoms with Crippen LogP contribution in [0.1, 0.15) is 6.42 Å². The van der Waals surface area contributed by atoms with Gasteiger partial charge in [0.05, 0.1) is 6.20 Å². The first-order valence-electron chi connectivity index (χ1n) is 5.10. The minimum Gasteiger partial charge on any atom is -0.507 e. The van der Waals surface area contributed by atoms with Crippen molar-refractivity contribution >= 4 is 0 Å². The molecule has 0 saturated carbocycles. The Labute approximate surface area is 93.0 Å². The summed E-state index contributed by atoms with van der Waals surface area (Å²) in [6.45, 7) is 0.753. The van der Waals surface area contributed by atoms with E-state index in [2.05, 4.69) is 10.3 Å². The molecule has 0 atom stereocenters. The van der Waals surface area contributed by atoms with E-state index in [0.29, 0.717) is 24.2 Å². The highest BCUT2D eigenvalue weighted by Gasteiger charge is 2.07. The molecule has 0 amide bonds. The highest BCUT2D eigenvalue weighted by Crippen LogP contribution is 2.26. The standard InChI is InChI=1S/C11H13N3O2/c15-7-3-6-14-8-10(12-13-14)9-4-1-2-5-11(9)16/h1-2,4-5,8,15-16H,3,6-7H2. The van der Waals surface area contributed by atoms with Gasteiger partial charge in [0.25, 0.3) is 0 Å². The average Bonchev–Trinajstić information content (AvgIpc) is 2.75. The number of aryl methyl sites for hydroxylation is 1. The zero-order valence-corrected chi connectivity index (χ0v) is 8.74. The van der Waals surface area contributed by atoms with Gasteiger partial charge >= 0.3 is 0 Å². The molecule has 84 valence electrons. The summed E-state index contributed by atoms with van der Waals surface area (Å²) < 4.78 is 1.65. The number of aromatic hydroxyl groups is 1. The lowest BCUT2D eigenvalue weighted by Crippen LogP contribution is -2.00. The van der Waals surface area contributed by atoms with Crippen LogP contribution in [0.15, 0.2) is 30.5 Å². The Morgan fingerprint density at radius 2 is 2.06 bits per heavy atom. The molecule has 16 heavy (non-hydrogen) atoms. The van der Waals surface area contributed by atoms with Crippen LogP contribution in [0, 0.1) is 0 Å². The predicted molar refractivity (Wildman–Crippen MR) is 58.8 cm³/mol. The van der Waals surface area contributed by atoms with Crippen LogP contribution in [0.2, 0.25) is 0 Å². The van der Waals surface area contributed by atoms with Crippen molar-refractivity contribution in [1.29, 1.82) is 0 Å². The second-order valence-corrected chi connectivity index (χ2v) is 3.46. The third-order valence-corrected chi connectivity index (χ3v) is 2.26. The van der Waals surface area contributed by atoms with Crippen LogP contribution in [0.3, 0.4) is 0 Å². The second-order valence-electron chi connectivity index (χ2n) is 3.46. The first kappa shape index (κ1) is 10.6. The summed E-state index contributed by atoms with van der Waals surface area (Å²) in [5, 5.41) is 26.2. The molecule has 0 bridgehead atoms. The molecule has 2 aromatic rings. The number of hydrogen-bond acceptors (Lipinski definition) is 4. The van der Waals surface area contributed by atoms with Gasteiger partial charge in [-0.25, -0.2) is 0 Å². The Kier molecular flexibility index (Phi) is 3.16. The lowest BCUT2D eigenvalue weighted by atomic mass is 10.1. The molecular weight excluding hydrogens is 206 g/mol. The van der Waals surface area contributed by atoms with Crippen molar-refractivity contribution in [3.8, 4) is 17.0 Å². The Bertz CT molecular complexity index is 468. The number of aliphatic hydroxyl groups is 1. The fourth-order valence-electron chi connectivity index (χ4n) is 1.45. The maximum Gasteiger partial charge on any atom is 0.125 e. The van der Waals surface area contributed by atoms with E-state index in [0.717, 1.165) is 0 Å². The zero-order chi connectivity index (χ0) is 11.4. The van der Waals surface area contributed by atoms with E-state index in [1.165, 1.54) is 0 Å². The average molecular weight is 219 g/mol. The van der Waals surface area contributed by atoms with Gasteiger partial charge in [0, 0.05) is 18.7 Å². The number of rotatable bonds is 4. The van der Waals surface area contributed by atoms with Crippen molar-refractivity contribution in [1.82, 2.24) is 15.0 Å². The summed E-state index contributed by atoms with van der Waals surface area (Å²) in [7, 11) is 0. The molecule has 1 aromatic heterocycles. The number of phenolic OH excluding ortho intramolecular Hbond substituents is 1. The largest absolute Gasteiger partial charge is 0.507 e. The van der Waals surface area contributed by atoms with Gasteiger partial charge in [-0.05, 0) is 18.6 Å². The van der Waals surface area contributed by atoms with Crippen LogP contribution in [0.5, 0.6) is 5.75 Å². The third kappa shape index (κ3) is 2.20. The Morgan fingerprint density at radius 1 is 1.25 bits per heavy atom. The highest BCUT2D eigenvalue weighted by atomic mass is 16.3. The summed E-state index contributed by atoms with van der Waals surface area (Å²) in [5.41, 5.74) is 1.30. The third-order valence-electron chi connectivity index (χ3n) is 2.26. The van der Waals surface area contributed by atoms with Crippen LogP contribution in [0.4, 0.5) is 0 Å². The van der Waals surface area contributed by atoms with Gasteiger partial charge in [-0.3, -0.25) is 4.68 Å². The van der Waals surface area contributed by atoms with Crippen molar-refractivity contribution in [3.05, 3.63) is 30.5 Å². The smallest absolute Gasteiger partial charge is 0.125 e. The quantitative estimate of drug-likeness (QED) is 0.805. The van der Waals surface area contributed by atoms with Gasteiger partial charge in [0.15, 0.2) is 0 Å². The normalized spacial score (nSPS) is 10.6. The van der Waals surface area contributed by atoms with Gasteiger partial charge in [-0.2, -0.15) is 0 Å². The highest BCUT2D eigenvalue weighted by molar-refractivity contribution is 5.65. The SMILES string of the molecule is OCCCn1cc(-c2ccccc2O)nn1. The fourth-order valence-corrected chi connectivity index (χ4v) is 1.45. The minimum atomic E-state index is 0.131. The van der Waals surface area contributed by atoms with Crippen molar-refractivity contribution in [2.24, 2.45) is 0 Å². The maximum atomic E-state index is 9.63. The van der Waals surface area contributed by atoms with Crippen LogP contribution < -0.4 is 0 Å². The number of nitrogens with zero attached hydrogens (tertiary/aromatic N) is 3. The summed E-state index contributed by atoms with van der Waals surface area (Å²) in [5.74, 6) is 0.191. The van der Waals surface area contributed by atoms with Crippen LogP contribution in [-0.4, -0.2) is 31.8 Å².